The molecule has 6 heteroatoms. The van der Waals surface area contributed by atoms with Crippen molar-refractivity contribution in [2.24, 2.45) is 0 Å². The van der Waals surface area contributed by atoms with E-state index < -0.39 is 5.97 Å². The molecule has 1 N–H and O–H groups in total. The van der Waals surface area contributed by atoms with Gasteiger partial charge in [0.15, 0.2) is 0 Å². The highest BCUT2D eigenvalue weighted by molar-refractivity contribution is 5.86. The first-order valence-corrected chi connectivity index (χ1v) is 5.60. The van der Waals surface area contributed by atoms with Gasteiger partial charge in [-0.2, -0.15) is 0 Å². The zero-order valence-electron chi connectivity index (χ0n) is 10.00. The predicted molar refractivity (Wildman–Crippen MR) is 61.9 cm³/mol. The lowest BCUT2D eigenvalue weighted by Gasteiger charge is -1.99. The summed E-state index contributed by atoms with van der Waals surface area (Å²) in [7, 11) is 0. The Bertz CT molecular complexity index is 530. The molecule has 0 aliphatic rings. The van der Waals surface area contributed by atoms with Gasteiger partial charge >= 0.3 is 5.97 Å². The van der Waals surface area contributed by atoms with Crippen LogP contribution >= 0.6 is 0 Å². The van der Waals surface area contributed by atoms with Crippen molar-refractivity contribution >= 4 is 5.97 Å². The van der Waals surface area contributed by atoms with Gasteiger partial charge in [0.05, 0.1) is 31.8 Å². The lowest BCUT2D eigenvalue weighted by molar-refractivity contribution is 0.0488. The minimum Gasteiger partial charge on any atom is -0.460 e. The van der Waals surface area contributed by atoms with Gasteiger partial charge in [-0.15, -0.1) is 0 Å². The Hall–Kier alpha value is -2.08. The van der Waals surface area contributed by atoms with Crippen molar-refractivity contribution in [3.05, 3.63) is 41.9 Å². The van der Waals surface area contributed by atoms with Crippen molar-refractivity contribution in [2.45, 2.75) is 20.1 Å². The summed E-state index contributed by atoms with van der Waals surface area (Å²) >= 11 is 0. The number of carbonyl (C=O) groups is 1. The van der Waals surface area contributed by atoms with Crippen LogP contribution in [0.25, 0.3) is 0 Å². The molecule has 6 nitrogen and oxygen atoms in total. The first-order valence-electron chi connectivity index (χ1n) is 5.60. The third-order valence-corrected chi connectivity index (χ3v) is 2.33. The highest BCUT2D eigenvalue weighted by Crippen LogP contribution is 2.11. The van der Waals surface area contributed by atoms with E-state index in [9.17, 15) is 4.79 Å². The number of carbonyl (C=O) groups excluding carboxylic acids is 1. The summed E-state index contributed by atoms with van der Waals surface area (Å²) in [6.45, 7) is 2.41. The Kier molecular flexibility index (Phi) is 3.78. The number of esters is 1. The average molecular weight is 250 g/mol. The van der Waals surface area contributed by atoms with Crippen LogP contribution in [0, 0.1) is 0 Å². The molecule has 0 unspecified atom stereocenters. The first kappa shape index (κ1) is 12.4. The number of furan rings is 1. The number of nitrogens with zero attached hydrogens (tertiary/aromatic N) is 2. The molecular weight excluding hydrogens is 236 g/mol. The molecule has 0 amide bonds. The molecule has 2 rings (SSSR count). The monoisotopic (exact) mass is 250 g/mol. The molecule has 2 heterocycles. The molecule has 96 valence electrons. The number of ether oxygens (including phenoxy) is 1. The molecule has 0 aliphatic carbocycles. The summed E-state index contributed by atoms with van der Waals surface area (Å²) in [5, 5.41) is 8.89. The van der Waals surface area contributed by atoms with E-state index in [1.165, 1.54) is 0 Å². The fourth-order valence-electron chi connectivity index (χ4n) is 1.53. The van der Waals surface area contributed by atoms with Gasteiger partial charge in [0.2, 0.25) is 5.76 Å². The third kappa shape index (κ3) is 2.78. The molecule has 0 aliphatic heterocycles. The minimum absolute atomic E-state index is 0.0980. The van der Waals surface area contributed by atoms with Crippen LogP contribution in [0.2, 0.25) is 0 Å². The normalized spacial score (nSPS) is 10.6. The van der Waals surface area contributed by atoms with Crippen molar-refractivity contribution in [3.63, 3.8) is 0 Å². The Morgan fingerprint density at radius 1 is 1.56 bits per heavy atom. The number of hydrogen-bond acceptors (Lipinski definition) is 5. The summed E-state index contributed by atoms with van der Waals surface area (Å²) in [6.07, 6.45) is 3.31. The van der Waals surface area contributed by atoms with Crippen LogP contribution in [0.1, 0.15) is 28.9 Å². The van der Waals surface area contributed by atoms with Gasteiger partial charge in [0, 0.05) is 6.20 Å². The second-order valence-corrected chi connectivity index (χ2v) is 3.68. The maximum absolute atomic E-state index is 11.4. The zero-order valence-corrected chi connectivity index (χ0v) is 10.00. The molecule has 0 bridgehead atoms. The maximum atomic E-state index is 11.4. The van der Waals surface area contributed by atoms with E-state index in [0.29, 0.717) is 24.6 Å². The van der Waals surface area contributed by atoms with Gasteiger partial charge in [-0.3, -0.25) is 0 Å². The van der Waals surface area contributed by atoms with E-state index in [2.05, 4.69) is 4.98 Å². The molecule has 0 radical (unpaired) electrons. The summed E-state index contributed by atoms with van der Waals surface area (Å²) in [6, 6.07) is 3.29. The molecule has 0 saturated carbocycles. The summed E-state index contributed by atoms with van der Waals surface area (Å²) < 4.78 is 12.0. The predicted octanol–water partition coefficient (Wildman–Crippen LogP) is 1.19. The standard InChI is InChI=1S/C12H14N2O4/c1-2-17-12(16)11-4-3-10(18-11)6-14-5-9(7-15)13-8-14/h3-5,8,15H,2,6-7H2,1H3. The van der Waals surface area contributed by atoms with E-state index in [0.717, 1.165) is 0 Å². The van der Waals surface area contributed by atoms with Crippen molar-refractivity contribution in [2.75, 3.05) is 6.61 Å². The van der Waals surface area contributed by atoms with Crippen molar-refractivity contribution in [1.29, 1.82) is 0 Å². The molecule has 2 aromatic rings. The van der Waals surface area contributed by atoms with Gasteiger partial charge < -0.3 is 18.8 Å². The highest BCUT2D eigenvalue weighted by atomic mass is 16.5. The fraction of sp³-hybridized carbons (Fsp3) is 0.333. The maximum Gasteiger partial charge on any atom is 0.374 e. The van der Waals surface area contributed by atoms with E-state index in [1.807, 2.05) is 0 Å². The molecule has 0 spiro atoms. The van der Waals surface area contributed by atoms with Crippen LogP contribution in [-0.4, -0.2) is 27.2 Å². The van der Waals surface area contributed by atoms with Crippen LogP contribution < -0.4 is 0 Å². The molecular formula is C12H14N2O4. The number of imidazole rings is 1. The number of aliphatic hydroxyl groups excluding tert-OH is 1. The quantitative estimate of drug-likeness (QED) is 0.806. The topological polar surface area (TPSA) is 77.5 Å². The van der Waals surface area contributed by atoms with Crippen molar-refractivity contribution in [1.82, 2.24) is 9.55 Å². The summed E-state index contributed by atoms with van der Waals surface area (Å²) in [5.74, 6) is 0.347. The van der Waals surface area contributed by atoms with E-state index in [1.54, 1.807) is 36.1 Å². The molecule has 0 saturated heterocycles. The van der Waals surface area contributed by atoms with Gasteiger partial charge in [0.25, 0.3) is 0 Å². The number of rotatable bonds is 5. The van der Waals surface area contributed by atoms with E-state index in [4.69, 9.17) is 14.3 Å². The first-order chi connectivity index (χ1) is 8.72. The SMILES string of the molecule is CCOC(=O)c1ccc(Cn2cnc(CO)c2)o1. The van der Waals surface area contributed by atoms with Crippen LogP contribution in [0.4, 0.5) is 0 Å². The smallest absolute Gasteiger partial charge is 0.374 e. The van der Waals surface area contributed by atoms with Crippen molar-refractivity contribution in [3.8, 4) is 0 Å². The zero-order chi connectivity index (χ0) is 13.0. The van der Waals surface area contributed by atoms with Crippen LogP contribution in [-0.2, 0) is 17.9 Å². The molecule has 0 fully saturated rings. The third-order valence-electron chi connectivity index (χ3n) is 2.33. The fourth-order valence-corrected chi connectivity index (χ4v) is 1.53. The Labute approximate surface area is 104 Å². The number of aromatic nitrogens is 2. The summed E-state index contributed by atoms with van der Waals surface area (Å²) in [5.41, 5.74) is 0.590. The minimum atomic E-state index is -0.467. The average Bonchev–Trinajstić information content (AvgIpc) is 2.99. The molecule has 2 aromatic heterocycles. The number of aliphatic hydroxyl groups is 1. The highest BCUT2D eigenvalue weighted by Gasteiger charge is 2.12. The molecule has 0 aromatic carbocycles. The van der Waals surface area contributed by atoms with Crippen LogP contribution in [0.15, 0.2) is 29.1 Å². The Morgan fingerprint density at radius 2 is 2.39 bits per heavy atom. The summed E-state index contributed by atoms with van der Waals surface area (Å²) in [4.78, 5) is 15.4. The van der Waals surface area contributed by atoms with Crippen molar-refractivity contribution < 1.29 is 19.1 Å². The van der Waals surface area contributed by atoms with Crippen LogP contribution in [0.5, 0.6) is 0 Å². The van der Waals surface area contributed by atoms with Gasteiger partial charge in [-0.25, -0.2) is 9.78 Å². The van der Waals surface area contributed by atoms with E-state index >= 15 is 0 Å². The van der Waals surface area contributed by atoms with Gasteiger partial charge in [-0.1, -0.05) is 0 Å². The van der Waals surface area contributed by atoms with Crippen LogP contribution in [0.3, 0.4) is 0 Å². The van der Waals surface area contributed by atoms with Gasteiger partial charge in [0.1, 0.15) is 5.76 Å². The number of hydrogen-bond donors (Lipinski definition) is 1. The lowest BCUT2D eigenvalue weighted by atomic mass is 10.4. The molecule has 18 heavy (non-hydrogen) atoms. The second-order valence-electron chi connectivity index (χ2n) is 3.68. The molecule has 0 atom stereocenters. The largest absolute Gasteiger partial charge is 0.460 e. The van der Waals surface area contributed by atoms with Gasteiger partial charge in [-0.05, 0) is 19.1 Å². The van der Waals surface area contributed by atoms with E-state index in [-0.39, 0.29) is 12.4 Å². The second kappa shape index (κ2) is 5.50. The Morgan fingerprint density at radius 3 is 3.06 bits per heavy atom. The lowest BCUT2D eigenvalue weighted by Crippen LogP contribution is -2.02. The Balaban J connectivity index is 2.04.